The fourth-order valence-corrected chi connectivity index (χ4v) is 1.56. The summed E-state index contributed by atoms with van der Waals surface area (Å²) >= 11 is 0. The lowest BCUT2D eigenvalue weighted by Crippen LogP contribution is -2.17. The van der Waals surface area contributed by atoms with E-state index in [-0.39, 0.29) is 12.5 Å². The summed E-state index contributed by atoms with van der Waals surface area (Å²) in [5.74, 6) is 6.45. The Morgan fingerprint density at radius 1 is 1.25 bits per heavy atom. The van der Waals surface area contributed by atoms with Gasteiger partial charge < -0.3 is 15.5 Å². The number of nitrogens with zero attached hydrogens (tertiary/aromatic N) is 2. The molecular formula is C13H15N5O2. The maximum Gasteiger partial charge on any atom is 0.325 e. The van der Waals surface area contributed by atoms with Crippen molar-refractivity contribution in [2.24, 2.45) is 5.84 Å². The number of hydrazine groups is 1. The van der Waals surface area contributed by atoms with Gasteiger partial charge in [-0.15, -0.1) is 0 Å². The second-order valence-electron chi connectivity index (χ2n) is 3.90. The van der Waals surface area contributed by atoms with Gasteiger partial charge in [0.15, 0.2) is 5.82 Å². The number of carbonyl (C=O) groups excluding carboxylic acids is 1. The fourth-order valence-electron chi connectivity index (χ4n) is 1.56. The van der Waals surface area contributed by atoms with Crippen molar-refractivity contribution in [2.45, 2.75) is 0 Å². The van der Waals surface area contributed by atoms with Crippen molar-refractivity contribution in [3.05, 3.63) is 36.4 Å². The minimum absolute atomic E-state index is 0.0196. The van der Waals surface area contributed by atoms with Gasteiger partial charge in [-0.05, 0) is 0 Å². The molecule has 0 atom stereocenters. The Balaban J connectivity index is 2.27. The topological polar surface area (TPSA) is 102 Å². The first-order valence-electron chi connectivity index (χ1n) is 5.94. The van der Waals surface area contributed by atoms with Crippen LogP contribution in [0.15, 0.2) is 36.4 Å². The van der Waals surface area contributed by atoms with Crippen molar-refractivity contribution in [1.82, 2.24) is 9.97 Å². The molecule has 0 aliphatic carbocycles. The zero-order valence-corrected chi connectivity index (χ0v) is 11.0. The van der Waals surface area contributed by atoms with E-state index in [9.17, 15) is 4.79 Å². The summed E-state index contributed by atoms with van der Waals surface area (Å²) in [6.07, 6.45) is 0. The van der Waals surface area contributed by atoms with E-state index in [2.05, 4.69) is 25.4 Å². The molecule has 104 valence electrons. The number of benzene rings is 1. The first-order valence-corrected chi connectivity index (χ1v) is 5.94. The zero-order valence-electron chi connectivity index (χ0n) is 11.0. The standard InChI is InChI=1S/C13H15N5O2/c1-20-12(19)8-15-10-7-11(18-14)17-13(16-10)9-5-3-2-4-6-9/h2-7H,8,14H2,1H3,(H2,15,16,17,18). The lowest BCUT2D eigenvalue weighted by Gasteiger charge is -2.09. The fraction of sp³-hybridized carbons (Fsp3) is 0.154. The van der Waals surface area contributed by atoms with Gasteiger partial charge in [0.05, 0.1) is 7.11 Å². The summed E-state index contributed by atoms with van der Waals surface area (Å²) in [6.45, 7) is 0.0196. The van der Waals surface area contributed by atoms with E-state index < -0.39 is 0 Å². The lowest BCUT2D eigenvalue weighted by atomic mass is 10.2. The number of aromatic nitrogens is 2. The van der Waals surface area contributed by atoms with Crippen molar-refractivity contribution in [1.29, 1.82) is 0 Å². The van der Waals surface area contributed by atoms with E-state index >= 15 is 0 Å². The van der Waals surface area contributed by atoms with Crippen LogP contribution in [0.3, 0.4) is 0 Å². The van der Waals surface area contributed by atoms with Crippen LogP contribution in [0.5, 0.6) is 0 Å². The Labute approximate surface area is 116 Å². The number of methoxy groups -OCH3 is 1. The number of hydrogen-bond acceptors (Lipinski definition) is 7. The molecule has 0 aliphatic heterocycles. The van der Waals surface area contributed by atoms with Gasteiger partial charge in [0.1, 0.15) is 18.2 Å². The second kappa shape index (κ2) is 6.48. The Bertz CT molecular complexity index is 589. The normalized spacial score (nSPS) is 9.90. The molecule has 0 radical (unpaired) electrons. The molecule has 0 bridgehead atoms. The highest BCUT2D eigenvalue weighted by Gasteiger charge is 2.07. The van der Waals surface area contributed by atoms with Crippen LogP contribution in [0.1, 0.15) is 0 Å². The van der Waals surface area contributed by atoms with Crippen molar-refractivity contribution >= 4 is 17.6 Å². The summed E-state index contributed by atoms with van der Waals surface area (Å²) in [6, 6.07) is 11.1. The number of rotatable bonds is 5. The number of nitrogen functional groups attached to an aromatic ring is 1. The average molecular weight is 273 g/mol. The smallest absolute Gasteiger partial charge is 0.325 e. The molecule has 0 unspecified atom stereocenters. The van der Waals surface area contributed by atoms with Gasteiger partial charge in [-0.1, -0.05) is 30.3 Å². The Morgan fingerprint density at radius 2 is 1.95 bits per heavy atom. The van der Waals surface area contributed by atoms with Crippen LogP contribution >= 0.6 is 0 Å². The van der Waals surface area contributed by atoms with E-state index in [0.717, 1.165) is 5.56 Å². The number of nitrogens with two attached hydrogens (primary N) is 1. The monoisotopic (exact) mass is 273 g/mol. The minimum atomic E-state index is -0.382. The van der Waals surface area contributed by atoms with Crippen molar-refractivity contribution in [2.75, 3.05) is 24.4 Å². The van der Waals surface area contributed by atoms with Crippen LogP contribution in [0.2, 0.25) is 0 Å². The largest absolute Gasteiger partial charge is 0.468 e. The molecule has 2 rings (SSSR count). The highest BCUT2D eigenvalue weighted by molar-refractivity contribution is 5.74. The van der Waals surface area contributed by atoms with Crippen molar-refractivity contribution < 1.29 is 9.53 Å². The molecule has 0 amide bonds. The van der Waals surface area contributed by atoms with E-state index in [0.29, 0.717) is 17.5 Å². The van der Waals surface area contributed by atoms with Gasteiger partial charge >= 0.3 is 5.97 Å². The molecule has 2 aromatic rings. The summed E-state index contributed by atoms with van der Waals surface area (Å²) < 4.78 is 4.56. The van der Waals surface area contributed by atoms with Gasteiger partial charge in [0, 0.05) is 11.6 Å². The summed E-state index contributed by atoms with van der Waals surface area (Å²) in [5.41, 5.74) is 3.32. The minimum Gasteiger partial charge on any atom is -0.468 e. The van der Waals surface area contributed by atoms with Gasteiger partial charge in [-0.25, -0.2) is 15.8 Å². The van der Waals surface area contributed by atoms with Crippen LogP contribution in [0.4, 0.5) is 11.6 Å². The summed E-state index contributed by atoms with van der Waals surface area (Å²) in [5, 5.41) is 2.86. The van der Waals surface area contributed by atoms with Crippen LogP contribution in [0, 0.1) is 0 Å². The third-order valence-corrected chi connectivity index (χ3v) is 2.55. The van der Waals surface area contributed by atoms with Crippen LogP contribution in [-0.2, 0) is 9.53 Å². The van der Waals surface area contributed by atoms with E-state index in [1.807, 2.05) is 30.3 Å². The highest BCUT2D eigenvalue weighted by Crippen LogP contribution is 2.19. The predicted octanol–water partition coefficient (Wildman–Crippen LogP) is 1.01. The molecule has 0 spiro atoms. The van der Waals surface area contributed by atoms with E-state index in [1.54, 1.807) is 6.07 Å². The molecule has 1 aromatic carbocycles. The highest BCUT2D eigenvalue weighted by atomic mass is 16.5. The summed E-state index contributed by atoms with van der Waals surface area (Å²) in [7, 11) is 1.33. The second-order valence-corrected chi connectivity index (χ2v) is 3.90. The zero-order chi connectivity index (χ0) is 14.4. The number of nitrogens with one attached hydrogen (secondary N) is 2. The quantitative estimate of drug-likeness (QED) is 0.424. The van der Waals surface area contributed by atoms with Gasteiger partial charge in [-0.3, -0.25) is 4.79 Å². The Morgan fingerprint density at radius 3 is 2.60 bits per heavy atom. The molecule has 1 heterocycles. The molecule has 7 nitrogen and oxygen atoms in total. The van der Waals surface area contributed by atoms with Crippen molar-refractivity contribution in [3.8, 4) is 11.4 Å². The molecule has 0 saturated carbocycles. The van der Waals surface area contributed by atoms with E-state index in [4.69, 9.17) is 5.84 Å². The number of esters is 1. The molecule has 0 saturated heterocycles. The molecule has 1 aromatic heterocycles. The first-order chi connectivity index (χ1) is 9.72. The summed E-state index contributed by atoms with van der Waals surface area (Å²) in [4.78, 5) is 19.7. The molecule has 0 aliphatic rings. The van der Waals surface area contributed by atoms with E-state index in [1.165, 1.54) is 7.11 Å². The number of ether oxygens (including phenoxy) is 1. The number of hydrogen-bond donors (Lipinski definition) is 3. The van der Waals surface area contributed by atoms with Crippen LogP contribution < -0.4 is 16.6 Å². The first kappa shape index (κ1) is 13.8. The molecular weight excluding hydrogens is 258 g/mol. The number of carbonyl (C=O) groups is 1. The van der Waals surface area contributed by atoms with Gasteiger partial charge in [0.25, 0.3) is 0 Å². The van der Waals surface area contributed by atoms with Gasteiger partial charge in [0.2, 0.25) is 0 Å². The Hall–Kier alpha value is -2.67. The van der Waals surface area contributed by atoms with Crippen molar-refractivity contribution in [3.63, 3.8) is 0 Å². The third kappa shape index (κ3) is 3.42. The van der Waals surface area contributed by atoms with Crippen LogP contribution in [-0.4, -0.2) is 29.6 Å². The maximum atomic E-state index is 11.1. The predicted molar refractivity (Wildman–Crippen MR) is 75.8 cm³/mol. The van der Waals surface area contributed by atoms with Crippen LogP contribution in [0.25, 0.3) is 11.4 Å². The molecule has 4 N–H and O–H groups in total. The maximum absolute atomic E-state index is 11.1. The Kier molecular flexibility index (Phi) is 4.46. The SMILES string of the molecule is COC(=O)CNc1cc(NN)nc(-c2ccccc2)n1. The van der Waals surface area contributed by atoms with Gasteiger partial charge in [-0.2, -0.15) is 0 Å². The molecule has 0 fully saturated rings. The number of anilines is 2. The third-order valence-electron chi connectivity index (χ3n) is 2.55. The lowest BCUT2D eigenvalue weighted by molar-refractivity contribution is -0.138. The molecule has 20 heavy (non-hydrogen) atoms. The molecule has 7 heteroatoms. The average Bonchev–Trinajstić information content (AvgIpc) is 2.53.